The van der Waals surface area contributed by atoms with E-state index in [1.165, 1.54) is 87.1 Å². The van der Waals surface area contributed by atoms with Crippen molar-refractivity contribution in [3.63, 3.8) is 0 Å². The monoisotopic (exact) mass is 506 g/mol. The van der Waals surface area contributed by atoms with Gasteiger partial charge in [-0.05, 0) is 51.9 Å². The van der Waals surface area contributed by atoms with Gasteiger partial charge in [0.25, 0.3) is 0 Å². The maximum atomic E-state index is 2.56. The van der Waals surface area contributed by atoms with Gasteiger partial charge >= 0.3 is 0 Å². The molecule has 10 rings (SSSR count). The van der Waals surface area contributed by atoms with Gasteiger partial charge in [-0.1, -0.05) is 103 Å². The second-order valence-corrected chi connectivity index (χ2v) is 10.9. The quantitative estimate of drug-likeness (QED) is 0.209. The number of hydrogen-bond acceptors (Lipinski definition) is 0. The first-order chi connectivity index (χ1) is 19.9. The van der Waals surface area contributed by atoms with Crippen molar-refractivity contribution in [1.29, 1.82) is 0 Å². The molecule has 184 valence electrons. The minimum Gasteiger partial charge on any atom is -0.307 e. The number of hydrogen-bond donors (Lipinski definition) is 0. The first-order valence-electron chi connectivity index (χ1n) is 13.9. The van der Waals surface area contributed by atoms with E-state index >= 15 is 0 Å². The number of para-hydroxylation sites is 3. The summed E-state index contributed by atoms with van der Waals surface area (Å²) in [6, 6.07) is 49.0. The Morgan fingerprint density at radius 2 is 0.950 bits per heavy atom. The van der Waals surface area contributed by atoms with E-state index in [9.17, 15) is 0 Å². The van der Waals surface area contributed by atoms with E-state index in [2.05, 4.69) is 142 Å². The molecule has 0 atom stereocenters. The molecule has 0 aliphatic rings. The van der Waals surface area contributed by atoms with Gasteiger partial charge in [0, 0.05) is 38.0 Å². The fraction of sp³-hybridized carbons (Fsp3) is 0. The lowest BCUT2D eigenvalue weighted by atomic mass is 9.97. The average Bonchev–Trinajstić information content (AvgIpc) is 3.65. The van der Waals surface area contributed by atoms with E-state index in [1.54, 1.807) is 0 Å². The Balaban J connectivity index is 1.62. The van der Waals surface area contributed by atoms with Crippen LogP contribution in [0.4, 0.5) is 0 Å². The van der Waals surface area contributed by atoms with Crippen molar-refractivity contribution < 1.29 is 0 Å². The zero-order valence-corrected chi connectivity index (χ0v) is 21.6. The first-order valence-corrected chi connectivity index (χ1v) is 13.9. The molecule has 10 aromatic rings. The minimum absolute atomic E-state index is 1.18. The summed E-state index contributed by atoms with van der Waals surface area (Å²) in [5.74, 6) is 0. The number of rotatable bonds is 1. The van der Waals surface area contributed by atoms with Gasteiger partial charge in [-0.25, -0.2) is 0 Å². The Hall–Kier alpha value is -5.34. The maximum absolute atomic E-state index is 2.56. The molecule has 0 amide bonds. The van der Waals surface area contributed by atoms with Gasteiger partial charge in [0.15, 0.2) is 0 Å². The molecule has 40 heavy (non-hydrogen) atoms. The van der Waals surface area contributed by atoms with E-state index in [1.807, 2.05) is 0 Å². The highest BCUT2D eigenvalue weighted by Crippen LogP contribution is 2.48. The van der Waals surface area contributed by atoms with Crippen LogP contribution in [0.25, 0.3) is 87.1 Å². The van der Waals surface area contributed by atoms with Gasteiger partial charge in [-0.3, -0.25) is 0 Å². The van der Waals surface area contributed by atoms with Crippen molar-refractivity contribution in [2.75, 3.05) is 0 Å². The fourth-order valence-electron chi connectivity index (χ4n) is 7.42. The summed E-state index contributed by atoms with van der Waals surface area (Å²) in [6.45, 7) is 0. The minimum atomic E-state index is 1.18. The van der Waals surface area contributed by atoms with Crippen LogP contribution in [0.15, 0.2) is 133 Å². The highest BCUT2D eigenvalue weighted by atomic mass is 15.0. The molecule has 2 heteroatoms. The normalized spacial score (nSPS) is 12.5. The predicted octanol–water partition coefficient (Wildman–Crippen LogP) is 10.2. The molecule has 0 saturated carbocycles. The maximum Gasteiger partial charge on any atom is 0.0795 e. The Labute approximate surface area is 229 Å². The Kier molecular flexibility index (Phi) is 3.70. The third kappa shape index (κ3) is 2.36. The highest BCUT2D eigenvalue weighted by molar-refractivity contribution is 6.39. The van der Waals surface area contributed by atoms with Crippen molar-refractivity contribution in [2.45, 2.75) is 0 Å². The lowest BCUT2D eigenvalue weighted by Crippen LogP contribution is -1.95. The van der Waals surface area contributed by atoms with E-state index in [-0.39, 0.29) is 0 Å². The SMILES string of the molecule is c1ccc(-n2c3ccccc3c3c4ccccc4c4c5cccc6c7cc8ccccc8cc7n(c65)c4c32)cc1. The van der Waals surface area contributed by atoms with Gasteiger partial charge < -0.3 is 8.97 Å². The third-order valence-electron chi connectivity index (χ3n) is 8.96. The van der Waals surface area contributed by atoms with Gasteiger partial charge in [0.2, 0.25) is 0 Å². The van der Waals surface area contributed by atoms with Gasteiger partial charge in [0.05, 0.1) is 27.6 Å². The van der Waals surface area contributed by atoms with Crippen LogP contribution in [0.3, 0.4) is 0 Å². The molecule has 0 unspecified atom stereocenters. The zero-order valence-electron chi connectivity index (χ0n) is 21.6. The van der Waals surface area contributed by atoms with Crippen LogP contribution >= 0.6 is 0 Å². The summed E-state index contributed by atoms with van der Waals surface area (Å²) < 4.78 is 5.05. The number of benzene rings is 7. The number of fused-ring (bicyclic) bond motifs is 14. The zero-order chi connectivity index (χ0) is 25.9. The van der Waals surface area contributed by atoms with Crippen molar-refractivity contribution in [3.8, 4) is 5.69 Å². The molecule has 0 radical (unpaired) electrons. The van der Waals surface area contributed by atoms with Crippen molar-refractivity contribution in [3.05, 3.63) is 133 Å². The molecule has 0 bridgehead atoms. The van der Waals surface area contributed by atoms with Gasteiger partial charge in [-0.15, -0.1) is 0 Å². The number of nitrogens with zero attached hydrogens (tertiary/aromatic N) is 2. The van der Waals surface area contributed by atoms with Crippen LogP contribution in [0.2, 0.25) is 0 Å². The van der Waals surface area contributed by atoms with E-state index in [0.717, 1.165) is 0 Å². The van der Waals surface area contributed by atoms with Crippen molar-refractivity contribution in [1.82, 2.24) is 8.97 Å². The van der Waals surface area contributed by atoms with Crippen LogP contribution in [0, 0.1) is 0 Å². The second kappa shape index (κ2) is 7.19. The molecule has 0 aliphatic carbocycles. The Bertz CT molecular complexity index is 2630. The van der Waals surface area contributed by atoms with E-state index < -0.39 is 0 Å². The molecule has 0 fully saturated rings. The molecule has 0 N–H and O–H groups in total. The summed E-state index contributed by atoms with van der Waals surface area (Å²) in [7, 11) is 0. The largest absolute Gasteiger partial charge is 0.307 e. The topological polar surface area (TPSA) is 9.34 Å². The molecule has 0 spiro atoms. The first kappa shape index (κ1) is 20.6. The smallest absolute Gasteiger partial charge is 0.0795 e. The summed E-state index contributed by atoms with van der Waals surface area (Å²) in [5.41, 5.74) is 7.54. The standard InChI is InChI=1S/C38H22N2/c1-2-13-25(14-3-1)39-32-20-9-8-17-29(32)34-26-15-6-7-16-27(26)35-30-19-10-18-28-31-21-23-11-4-5-12-24(23)22-33(31)40(36(28)30)38(35)37(34)39/h1-22H. The van der Waals surface area contributed by atoms with Crippen LogP contribution in [-0.4, -0.2) is 8.97 Å². The highest BCUT2D eigenvalue weighted by Gasteiger charge is 2.25. The molecule has 7 aromatic carbocycles. The summed E-state index contributed by atoms with van der Waals surface area (Å²) in [4.78, 5) is 0. The Morgan fingerprint density at radius 3 is 1.75 bits per heavy atom. The lowest BCUT2D eigenvalue weighted by Gasteiger charge is -2.11. The predicted molar refractivity (Wildman–Crippen MR) is 170 cm³/mol. The molecule has 3 heterocycles. The van der Waals surface area contributed by atoms with Gasteiger partial charge in [0.1, 0.15) is 0 Å². The average molecular weight is 507 g/mol. The number of aromatic nitrogens is 2. The molecule has 0 saturated heterocycles. The lowest BCUT2D eigenvalue weighted by molar-refractivity contribution is 1.18. The molecule has 2 nitrogen and oxygen atoms in total. The summed E-state index contributed by atoms with van der Waals surface area (Å²) in [6.07, 6.45) is 0. The van der Waals surface area contributed by atoms with Crippen LogP contribution in [-0.2, 0) is 0 Å². The van der Waals surface area contributed by atoms with E-state index in [0.29, 0.717) is 0 Å². The van der Waals surface area contributed by atoms with Crippen molar-refractivity contribution >= 4 is 81.4 Å². The summed E-state index contributed by atoms with van der Waals surface area (Å²) in [5, 5.41) is 13.0. The fourth-order valence-corrected chi connectivity index (χ4v) is 7.42. The molecule has 3 aromatic heterocycles. The summed E-state index contributed by atoms with van der Waals surface area (Å²) >= 11 is 0. The third-order valence-corrected chi connectivity index (χ3v) is 8.96. The van der Waals surface area contributed by atoms with Crippen LogP contribution in [0.1, 0.15) is 0 Å². The van der Waals surface area contributed by atoms with Crippen LogP contribution < -0.4 is 0 Å². The van der Waals surface area contributed by atoms with Crippen molar-refractivity contribution in [2.24, 2.45) is 0 Å². The second-order valence-electron chi connectivity index (χ2n) is 10.9. The Morgan fingerprint density at radius 1 is 0.350 bits per heavy atom. The molecular formula is C38H22N2. The molecule has 0 aliphatic heterocycles. The van der Waals surface area contributed by atoms with Crippen LogP contribution in [0.5, 0.6) is 0 Å². The van der Waals surface area contributed by atoms with Gasteiger partial charge in [-0.2, -0.15) is 0 Å². The van der Waals surface area contributed by atoms with E-state index in [4.69, 9.17) is 0 Å². The molecular weight excluding hydrogens is 484 g/mol.